The lowest BCUT2D eigenvalue weighted by atomic mass is 10.0. The Bertz CT molecular complexity index is 767. The van der Waals surface area contributed by atoms with Gasteiger partial charge in [0.15, 0.2) is 5.82 Å². The van der Waals surface area contributed by atoms with Crippen molar-refractivity contribution in [3.05, 3.63) is 78.4 Å². The second kappa shape index (κ2) is 6.97. The smallest absolute Gasteiger partial charge is 0.151 e. The third-order valence-corrected chi connectivity index (χ3v) is 4.81. The zero-order chi connectivity index (χ0) is 16.2. The summed E-state index contributed by atoms with van der Waals surface area (Å²) < 4.78 is 2.10. The van der Waals surface area contributed by atoms with E-state index in [1.54, 1.807) is 0 Å². The average molecular weight is 318 g/mol. The highest BCUT2D eigenvalue weighted by atomic mass is 15.3. The standard InChI is InChI=1S/C20H22N4/c1-3-8-17(9-4-1)14-19-12-7-13-23(19)15-20-22-21-16-24(20)18-10-5-2-6-11-18/h1-6,8-11,16,19H,7,12-15H2/t19-/m1/s1. The minimum Gasteiger partial charge on any atom is -0.293 e. The van der Waals surface area contributed by atoms with Crippen molar-refractivity contribution in [3.8, 4) is 5.69 Å². The van der Waals surface area contributed by atoms with Crippen LogP contribution in [0.4, 0.5) is 0 Å². The second-order valence-electron chi connectivity index (χ2n) is 6.41. The first-order valence-corrected chi connectivity index (χ1v) is 8.62. The van der Waals surface area contributed by atoms with E-state index in [1.807, 2.05) is 24.5 Å². The molecule has 4 heteroatoms. The van der Waals surface area contributed by atoms with Crippen LogP contribution in [0.25, 0.3) is 5.69 Å². The van der Waals surface area contributed by atoms with Crippen LogP contribution in [-0.4, -0.2) is 32.3 Å². The lowest BCUT2D eigenvalue weighted by Gasteiger charge is -2.24. The molecule has 1 fully saturated rings. The number of nitrogens with zero attached hydrogens (tertiary/aromatic N) is 4. The molecular formula is C20H22N4. The molecule has 1 saturated heterocycles. The Hall–Kier alpha value is -2.46. The number of rotatable bonds is 5. The van der Waals surface area contributed by atoms with Gasteiger partial charge in [0.25, 0.3) is 0 Å². The van der Waals surface area contributed by atoms with E-state index in [1.165, 1.54) is 18.4 Å². The maximum Gasteiger partial charge on any atom is 0.151 e. The van der Waals surface area contributed by atoms with Gasteiger partial charge in [-0.3, -0.25) is 9.47 Å². The highest BCUT2D eigenvalue weighted by Crippen LogP contribution is 2.23. The molecule has 24 heavy (non-hydrogen) atoms. The predicted molar refractivity (Wildman–Crippen MR) is 94.9 cm³/mol. The van der Waals surface area contributed by atoms with Gasteiger partial charge in [-0.2, -0.15) is 0 Å². The molecule has 0 aliphatic carbocycles. The third-order valence-electron chi connectivity index (χ3n) is 4.81. The largest absolute Gasteiger partial charge is 0.293 e. The summed E-state index contributed by atoms with van der Waals surface area (Å²) in [6.45, 7) is 1.99. The Morgan fingerprint density at radius 3 is 2.50 bits per heavy atom. The van der Waals surface area contributed by atoms with E-state index in [-0.39, 0.29) is 0 Å². The van der Waals surface area contributed by atoms with Crippen LogP contribution in [0.3, 0.4) is 0 Å². The quantitative estimate of drug-likeness (QED) is 0.722. The topological polar surface area (TPSA) is 34.0 Å². The van der Waals surface area contributed by atoms with Crippen LogP contribution in [0, 0.1) is 0 Å². The number of hydrogen-bond donors (Lipinski definition) is 0. The molecule has 1 aliphatic rings. The van der Waals surface area contributed by atoms with Crippen molar-refractivity contribution in [2.75, 3.05) is 6.54 Å². The van der Waals surface area contributed by atoms with Gasteiger partial charge < -0.3 is 0 Å². The number of hydrogen-bond acceptors (Lipinski definition) is 3. The van der Waals surface area contributed by atoms with Crippen LogP contribution in [0.5, 0.6) is 0 Å². The van der Waals surface area contributed by atoms with E-state index in [4.69, 9.17) is 0 Å². The van der Waals surface area contributed by atoms with Crippen LogP contribution in [0.2, 0.25) is 0 Å². The summed E-state index contributed by atoms with van der Waals surface area (Å²) >= 11 is 0. The van der Waals surface area contributed by atoms with E-state index in [2.05, 4.69) is 62.1 Å². The van der Waals surface area contributed by atoms with E-state index < -0.39 is 0 Å². The van der Waals surface area contributed by atoms with Crippen molar-refractivity contribution in [1.29, 1.82) is 0 Å². The van der Waals surface area contributed by atoms with Crippen LogP contribution < -0.4 is 0 Å². The molecule has 3 aromatic rings. The highest BCUT2D eigenvalue weighted by Gasteiger charge is 2.26. The van der Waals surface area contributed by atoms with Gasteiger partial charge in [0.2, 0.25) is 0 Å². The van der Waals surface area contributed by atoms with Gasteiger partial charge in [-0.05, 0) is 43.5 Å². The zero-order valence-corrected chi connectivity index (χ0v) is 13.8. The molecule has 4 rings (SSSR count). The van der Waals surface area contributed by atoms with Gasteiger partial charge in [0.1, 0.15) is 6.33 Å². The van der Waals surface area contributed by atoms with Crippen LogP contribution >= 0.6 is 0 Å². The summed E-state index contributed by atoms with van der Waals surface area (Å²) in [7, 11) is 0. The Labute approximate surface area is 142 Å². The minimum atomic E-state index is 0.591. The maximum absolute atomic E-state index is 4.37. The van der Waals surface area contributed by atoms with Crippen molar-refractivity contribution >= 4 is 0 Å². The van der Waals surface area contributed by atoms with Crippen LogP contribution in [-0.2, 0) is 13.0 Å². The molecule has 1 aliphatic heterocycles. The Balaban J connectivity index is 1.50. The molecule has 0 spiro atoms. The van der Waals surface area contributed by atoms with E-state index >= 15 is 0 Å². The summed E-state index contributed by atoms with van der Waals surface area (Å²) in [5.74, 6) is 1.01. The average Bonchev–Trinajstić information content (AvgIpc) is 3.27. The molecule has 2 aromatic carbocycles. The van der Waals surface area contributed by atoms with Crippen LogP contribution in [0.15, 0.2) is 67.0 Å². The monoisotopic (exact) mass is 318 g/mol. The SMILES string of the molecule is c1ccc(C[C@H]2CCCN2Cc2nncn2-c2ccccc2)cc1. The van der Waals surface area contributed by atoms with E-state index in [0.717, 1.165) is 31.0 Å². The summed E-state index contributed by atoms with van der Waals surface area (Å²) in [5.41, 5.74) is 2.54. The molecule has 122 valence electrons. The Morgan fingerprint density at radius 2 is 1.71 bits per heavy atom. The van der Waals surface area contributed by atoms with Gasteiger partial charge in [-0.15, -0.1) is 10.2 Å². The number of aromatic nitrogens is 3. The first kappa shape index (κ1) is 15.1. The number of likely N-dealkylation sites (tertiary alicyclic amines) is 1. The van der Waals surface area contributed by atoms with E-state index in [9.17, 15) is 0 Å². The normalized spacial score (nSPS) is 18.1. The molecule has 4 nitrogen and oxygen atoms in total. The maximum atomic E-state index is 4.37. The molecule has 1 aromatic heterocycles. The Morgan fingerprint density at radius 1 is 0.958 bits per heavy atom. The summed E-state index contributed by atoms with van der Waals surface area (Å²) in [6.07, 6.45) is 5.44. The minimum absolute atomic E-state index is 0.591. The first-order chi connectivity index (χ1) is 11.9. The van der Waals surface area contributed by atoms with Crippen molar-refractivity contribution in [2.45, 2.75) is 31.8 Å². The summed E-state index contributed by atoms with van der Waals surface area (Å²) in [5, 5.41) is 8.50. The first-order valence-electron chi connectivity index (χ1n) is 8.62. The number of para-hydroxylation sites is 1. The van der Waals surface area contributed by atoms with Gasteiger partial charge >= 0.3 is 0 Å². The van der Waals surface area contributed by atoms with Crippen molar-refractivity contribution in [2.24, 2.45) is 0 Å². The molecule has 0 bridgehead atoms. The molecule has 0 N–H and O–H groups in total. The fourth-order valence-electron chi connectivity index (χ4n) is 3.57. The van der Waals surface area contributed by atoms with Gasteiger partial charge in [-0.1, -0.05) is 48.5 Å². The highest BCUT2D eigenvalue weighted by molar-refractivity contribution is 5.32. The van der Waals surface area contributed by atoms with Crippen molar-refractivity contribution < 1.29 is 0 Å². The fraction of sp³-hybridized carbons (Fsp3) is 0.300. The molecule has 1 atom stereocenters. The molecule has 0 amide bonds. The van der Waals surface area contributed by atoms with Gasteiger partial charge in [0, 0.05) is 11.7 Å². The summed E-state index contributed by atoms with van der Waals surface area (Å²) in [4.78, 5) is 2.55. The van der Waals surface area contributed by atoms with Crippen molar-refractivity contribution in [1.82, 2.24) is 19.7 Å². The van der Waals surface area contributed by atoms with E-state index in [0.29, 0.717) is 6.04 Å². The second-order valence-corrected chi connectivity index (χ2v) is 6.41. The lowest BCUT2D eigenvalue weighted by Crippen LogP contribution is -2.31. The fourth-order valence-corrected chi connectivity index (χ4v) is 3.57. The molecule has 2 heterocycles. The molecule has 0 saturated carbocycles. The predicted octanol–water partition coefficient (Wildman–Crippen LogP) is 3.47. The molecule has 0 unspecified atom stereocenters. The third kappa shape index (κ3) is 3.24. The summed E-state index contributed by atoms with van der Waals surface area (Å²) in [6, 6.07) is 21.7. The molecular weight excluding hydrogens is 296 g/mol. The van der Waals surface area contributed by atoms with Crippen molar-refractivity contribution in [3.63, 3.8) is 0 Å². The van der Waals surface area contributed by atoms with Gasteiger partial charge in [0.05, 0.1) is 6.54 Å². The zero-order valence-electron chi connectivity index (χ0n) is 13.8. The van der Waals surface area contributed by atoms with Crippen LogP contribution in [0.1, 0.15) is 24.2 Å². The Kier molecular flexibility index (Phi) is 4.38. The van der Waals surface area contributed by atoms with Gasteiger partial charge in [-0.25, -0.2) is 0 Å². The molecule has 0 radical (unpaired) electrons. The lowest BCUT2D eigenvalue weighted by molar-refractivity contribution is 0.236. The number of benzene rings is 2.